The molecule has 0 saturated carbocycles. The van der Waals surface area contributed by atoms with Gasteiger partial charge in [-0.15, -0.1) is 11.3 Å². The number of hydrogen-bond donors (Lipinski definition) is 1. The number of ether oxygens (including phenoxy) is 1. The second kappa shape index (κ2) is 6.18. The van der Waals surface area contributed by atoms with E-state index in [4.69, 9.17) is 22.1 Å². The van der Waals surface area contributed by atoms with Crippen molar-refractivity contribution >= 4 is 22.9 Å². The molecule has 1 unspecified atom stereocenters. The fraction of sp³-hybridized carbons (Fsp3) is 0.308. The second-order valence-corrected chi connectivity index (χ2v) is 5.89. The summed E-state index contributed by atoms with van der Waals surface area (Å²) in [5.74, 6) is 0.845. The highest BCUT2D eigenvalue weighted by Crippen LogP contribution is 2.21. The number of benzene rings is 1. The molecule has 18 heavy (non-hydrogen) atoms. The highest BCUT2D eigenvalue weighted by Gasteiger charge is 2.03. The van der Waals surface area contributed by atoms with E-state index in [9.17, 15) is 0 Å². The van der Waals surface area contributed by atoms with Gasteiger partial charge in [0.05, 0.1) is 4.88 Å². The first-order valence-corrected chi connectivity index (χ1v) is 6.90. The van der Waals surface area contributed by atoms with E-state index in [-0.39, 0.29) is 6.04 Å². The normalized spacial score (nSPS) is 12.4. The van der Waals surface area contributed by atoms with Gasteiger partial charge in [0.2, 0.25) is 0 Å². The van der Waals surface area contributed by atoms with Crippen LogP contribution in [0.1, 0.15) is 17.4 Å². The third-order valence-corrected chi connectivity index (χ3v) is 3.45. The van der Waals surface area contributed by atoms with Crippen molar-refractivity contribution in [3.8, 4) is 5.75 Å². The Morgan fingerprint density at radius 3 is 3.00 bits per heavy atom. The summed E-state index contributed by atoms with van der Waals surface area (Å²) in [5, 5.41) is 0. The summed E-state index contributed by atoms with van der Waals surface area (Å²) < 4.78 is 6.24. The Morgan fingerprint density at radius 2 is 2.33 bits per heavy atom. The Balaban J connectivity index is 1.96. The summed E-state index contributed by atoms with van der Waals surface area (Å²) in [7, 11) is 0. The number of thiazole rings is 1. The first-order chi connectivity index (χ1) is 8.63. The van der Waals surface area contributed by atoms with Crippen LogP contribution in [0.3, 0.4) is 0 Å². The van der Waals surface area contributed by atoms with Crippen LogP contribution in [0.5, 0.6) is 5.75 Å². The smallest absolute Gasteiger partial charge is 0.183 e. The van der Waals surface area contributed by atoms with Gasteiger partial charge in [-0.3, -0.25) is 0 Å². The molecule has 0 radical (unpaired) electrons. The van der Waals surface area contributed by atoms with Gasteiger partial charge in [0, 0.05) is 12.2 Å². The van der Waals surface area contributed by atoms with E-state index >= 15 is 0 Å². The van der Waals surface area contributed by atoms with Gasteiger partial charge >= 0.3 is 0 Å². The largest absolute Gasteiger partial charge is 0.488 e. The van der Waals surface area contributed by atoms with Crippen LogP contribution >= 0.6 is 22.9 Å². The molecule has 1 aromatic carbocycles. The quantitative estimate of drug-likeness (QED) is 0.916. The summed E-state index contributed by atoms with van der Waals surface area (Å²) in [5.41, 5.74) is 6.97. The molecule has 2 aromatic rings. The van der Waals surface area contributed by atoms with Crippen molar-refractivity contribution in [1.29, 1.82) is 0 Å². The minimum atomic E-state index is 0.153. The molecule has 0 bridgehead atoms. The molecule has 3 nitrogen and oxygen atoms in total. The van der Waals surface area contributed by atoms with Crippen molar-refractivity contribution in [2.75, 3.05) is 0 Å². The van der Waals surface area contributed by atoms with E-state index in [1.807, 2.05) is 25.1 Å². The molecular weight excluding hydrogens is 268 g/mol. The molecule has 0 aliphatic heterocycles. The van der Waals surface area contributed by atoms with Crippen LogP contribution in [0.2, 0.25) is 4.47 Å². The van der Waals surface area contributed by atoms with E-state index < -0.39 is 0 Å². The van der Waals surface area contributed by atoms with E-state index in [1.54, 1.807) is 6.20 Å². The molecule has 0 fully saturated rings. The van der Waals surface area contributed by atoms with Crippen LogP contribution in [0, 0.1) is 0 Å². The summed E-state index contributed by atoms with van der Waals surface area (Å²) in [6, 6.07) is 8.15. The highest BCUT2D eigenvalue weighted by molar-refractivity contribution is 7.15. The zero-order valence-corrected chi connectivity index (χ0v) is 11.7. The van der Waals surface area contributed by atoms with Crippen LogP contribution in [0.25, 0.3) is 0 Å². The van der Waals surface area contributed by atoms with Gasteiger partial charge in [0.15, 0.2) is 4.47 Å². The number of aromatic nitrogens is 1. The average molecular weight is 283 g/mol. The fourth-order valence-electron chi connectivity index (χ4n) is 1.64. The lowest BCUT2D eigenvalue weighted by Crippen LogP contribution is -2.17. The monoisotopic (exact) mass is 282 g/mol. The van der Waals surface area contributed by atoms with Crippen molar-refractivity contribution in [2.45, 2.75) is 26.0 Å². The predicted octanol–water partition coefficient (Wildman–Crippen LogP) is 3.27. The molecule has 0 amide bonds. The SMILES string of the molecule is CC(N)Cc1cccc(OCc2cnc(Cl)s2)c1. The standard InChI is InChI=1S/C13H15ClN2OS/c1-9(15)5-10-3-2-4-11(6-10)17-8-12-7-16-13(14)18-12/h2-4,6-7,9H,5,8,15H2,1H3. The van der Waals surface area contributed by atoms with Gasteiger partial charge in [0.1, 0.15) is 12.4 Å². The Morgan fingerprint density at radius 1 is 1.50 bits per heavy atom. The molecule has 0 aliphatic carbocycles. The summed E-state index contributed by atoms with van der Waals surface area (Å²) in [6.07, 6.45) is 2.59. The van der Waals surface area contributed by atoms with Gasteiger partial charge in [-0.2, -0.15) is 0 Å². The molecule has 0 saturated heterocycles. The van der Waals surface area contributed by atoms with Gasteiger partial charge < -0.3 is 10.5 Å². The molecular formula is C13H15ClN2OS. The number of nitrogens with zero attached hydrogens (tertiary/aromatic N) is 1. The zero-order chi connectivity index (χ0) is 13.0. The minimum Gasteiger partial charge on any atom is -0.488 e. The summed E-state index contributed by atoms with van der Waals surface area (Å²) in [6.45, 7) is 2.48. The zero-order valence-electron chi connectivity index (χ0n) is 10.1. The average Bonchev–Trinajstić information content (AvgIpc) is 2.72. The molecule has 0 spiro atoms. The van der Waals surface area contributed by atoms with Crippen molar-refractivity contribution in [3.63, 3.8) is 0 Å². The fourth-order valence-corrected chi connectivity index (χ4v) is 2.53. The number of hydrogen-bond acceptors (Lipinski definition) is 4. The van der Waals surface area contributed by atoms with Crippen molar-refractivity contribution in [1.82, 2.24) is 4.98 Å². The van der Waals surface area contributed by atoms with Crippen molar-refractivity contribution in [3.05, 3.63) is 45.4 Å². The van der Waals surface area contributed by atoms with Crippen LogP contribution < -0.4 is 10.5 Å². The van der Waals surface area contributed by atoms with Crippen LogP contribution in [-0.4, -0.2) is 11.0 Å². The van der Waals surface area contributed by atoms with Crippen LogP contribution in [0.4, 0.5) is 0 Å². The minimum absolute atomic E-state index is 0.153. The molecule has 2 N–H and O–H groups in total. The molecule has 1 heterocycles. The first kappa shape index (κ1) is 13.3. The maximum Gasteiger partial charge on any atom is 0.183 e. The molecule has 96 valence electrons. The predicted molar refractivity (Wildman–Crippen MR) is 75.3 cm³/mol. The first-order valence-electron chi connectivity index (χ1n) is 5.71. The maximum atomic E-state index is 5.78. The molecule has 2 rings (SSSR count). The second-order valence-electron chi connectivity index (χ2n) is 4.20. The molecule has 5 heteroatoms. The maximum absolute atomic E-state index is 5.78. The molecule has 1 atom stereocenters. The Labute approximate surface area is 116 Å². The van der Waals surface area contributed by atoms with Crippen molar-refractivity contribution in [2.24, 2.45) is 5.73 Å². The van der Waals surface area contributed by atoms with E-state index in [0.29, 0.717) is 11.1 Å². The summed E-state index contributed by atoms with van der Waals surface area (Å²) >= 11 is 7.19. The van der Waals surface area contributed by atoms with Crippen molar-refractivity contribution < 1.29 is 4.74 Å². The lowest BCUT2D eigenvalue weighted by atomic mass is 10.1. The van der Waals surface area contributed by atoms with Crippen LogP contribution in [0.15, 0.2) is 30.5 Å². The topological polar surface area (TPSA) is 48.1 Å². The number of nitrogens with two attached hydrogens (primary N) is 1. The van der Waals surface area contributed by atoms with E-state index in [0.717, 1.165) is 17.0 Å². The number of rotatable bonds is 5. The Kier molecular flexibility index (Phi) is 4.58. The molecule has 0 aliphatic rings. The Hall–Kier alpha value is -1.10. The molecule has 1 aromatic heterocycles. The third kappa shape index (κ3) is 3.98. The van der Waals surface area contributed by atoms with E-state index in [1.165, 1.54) is 16.9 Å². The van der Waals surface area contributed by atoms with Crippen LogP contribution in [-0.2, 0) is 13.0 Å². The Bertz CT molecular complexity index is 513. The van der Waals surface area contributed by atoms with E-state index in [2.05, 4.69) is 11.1 Å². The van der Waals surface area contributed by atoms with Gasteiger partial charge in [0.25, 0.3) is 0 Å². The summed E-state index contributed by atoms with van der Waals surface area (Å²) in [4.78, 5) is 4.98. The van der Waals surface area contributed by atoms with Gasteiger partial charge in [-0.1, -0.05) is 23.7 Å². The highest BCUT2D eigenvalue weighted by atomic mass is 35.5. The lowest BCUT2D eigenvalue weighted by Gasteiger charge is -2.08. The number of halogens is 1. The third-order valence-electron chi connectivity index (χ3n) is 2.36. The van der Waals surface area contributed by atoms with Gasteiger partial charge in [-0.05, 0) is 31.0 Å². The van der Waals surface area contributed by atoms with Gasteiger partial charge in [-0.25, -0.2) is 4.98 Å². The lowest BCUT2D eigenvalue weighted by molar-refractivity contribution is 0.309.